The molecule has 2 atom stereocenters. The second-order valence-electron chi connectivity index (χ2n) is 7.24. The first-order chi connectivity index (χ1) is 11.7. The molecule has 6 heteroatoms. The van der Waals surface area contributed by atoms with Crippen molar-refractivity contribution in [2.75, 3.05) is 32.7 Å². The molecule has 0 unspecified atom stereocenters. The SMILES string of the molecule is CCn1cc(CN2CCCN(C(=O)[C@H]3CCN[C@@H](C)C3)CC2)cn1. The Morgan fingerprint density at radius 2 is 2.21 bits per heavy atom. The van der Waals surface area contributed by atoms with E-state index in [2.05, 4.69) is 40.3 Å². The highest BCUT2D eigenvalue weighted by Crippen LogP contribution is 2.20. The lowest BCUT2D eigenvalue weighted by Gasteiger charge is -2.31. The number of hydrogen-bond acceptors (Lipinski definition) is 4. The van der Waals surface area contributed by atoms with E-state index < -0.39 is 0 Å². The van der Waals surface area contributed by atoms with Crippen molar-refractivity contribution in [3.05, 3.63) is 18.0 Å². The lowest BCUT2D eigenvalue weighted by atomic mass is 9.92. The molecular formula is C18H31N5O. The van der Waals surface area contributed by atoms with Gasteiger partial charge in [-0.2, -0.15) is 5.10 Å². The lowest BCUT2D eigenvalue weighted by Crippen LogP contribution is -2.45. The minimum atomic E-state index is 0.218. The van der Waals surface area contributed by atoms with E-state index in [1.165, 1.54) is 5.56 Å². The van der Waals surface area contributed by atoms with Crippen LogP contribution in [0.25, 0.3) is 0 Å². The van der Waals surface area contributed by atoms with Crippen molar-refractivity contribution in [1.82, 2.24) is 24.9 Å². The summed E-state index contributed by atoms with van der Waals surface area (Å²) in [6.45, 7) is 10.9. The molecule has 2 saturated heterocycles. The Hall–Kier alpha value is -1.40. The summed E-state index contributed by atoms with van der Waals surface area (Å²) in [4.78, 5) is 17.4. The molecular weight excluding hydrogens is 302 g/mol. The van der Waals surface area contributed by atoms with Crippen LogP contribution in [0.4, 0.5) is 0 Å². The highest BCUT2D eigenvalue weighted by atomic mass is 16.2. The standard InChI is InChI=1S/C18H31N5O/c1-3-23-14-16(12-20-23)13-21-7-4-8-22(10-9-21)18(24)17-5-6-19-15(2)11-17/h12,14-15,17,19H,3-11,13H2,1-2H3/t15-,17-/m0/s1. The average Bonchev–Trinajstić information content (AvgIpc) is 2.91. The number of piperidine rings is 1. The van der Waals surface area contributed by atoms with Gasteiger partial charge in [0.2, 0.25) is 5.91 Å². The molecule has 3 heterocycles. The Kier molecular flexibility index (Phi) is 5.89. The summed E-state index contributed by atoms with van der Waals surface area (Å²) >= 11 is 0. The number of hydrogen-bond donors (Lipinski definition) is 1. The van der Waals surface area contributed by atoms with Crippen molar-refractivity contribution in [3.8, 4) is 0 Å². The van der Waals surface area contributed by atoms with Crippen LogP contribution in [0.3, 0.4) is 0 Å². The topological polar surface area (TPSA) is 53.4 Å². The second-order valence-corrected chi connectivity index (χ2v) is 7.24. The zero-order valence-corrected chi connectivity index (χ0v) is 15.1. The molecule has 0 saturated carbocycles. The first-order valence-electron chi connectivity index (χ1n) is 9.41. The molecule has 0 spiro atoms. The molecule has 1 aromatic heterocycles. The van der Waals surface area contributed by atoms with E-state index in [0.717, 1.165) is 65.1 Å². The fraction of sp³-hybridized carbons (Fsp3) is 0.778. The van der Waals surface area contributed by atoms with Gasteiger partial charge in [-0.25, -0.2) is 0 Å². The van der Waals surface area contributed by atoms with E-state index in [9.17, 15) is 4.79 Å². The third kappa shape index (κ3) is 4.36. The molecule has 1 N–H and O–H groups in total. The number of nitrogens with one attached hydrogen (secondary N) is 1. The summed E-state index contributed by atoms with van der Waals surface area (Å²) in [6, 6.07) is 0.464. The van der Waals surface area contributed by atoms with Gasteiger partial charge >= 0.3 is 0 Å². The quantitative estimate of drug-likeness (QED) is 0.903. The molecule has 0 aliphatic carbocycles. The molecule has 0 radical (unpaired) electrons. The number of nitrogens with zero attached hydrogens (tertiary/aromatic N) is 4. The highest BCUT2D eigenvalue weighted by Gasteiger charge is 2.29. The summed E-state index contributed by atoms with van der Waals surface area (Å²) in [6.07, 6.45) is 7.13. The van der Waals surface area contributed by atoms with Crippen LogP contribution in [-0.4, -0.2) is 64.3 Å². The number of aryl methyl sites for hydroxylation is 1. The van der Waals surface area contributed by atoms with Gasteiger partial charge in [-0.15, -0.1) is 0 Å². The molecule has 1 aromatic rings. The van der Waals surface area contributed by atoms with Crippen molar-refractivity contribution < 1.29 is 4.79 Å². The maximum Gasteiger partial charge on any atom is 0.225 e. The first kappa shape index (κ1) is 17.4. The molecule has 2 fully saturated rings. The molecule has 3 rings (SSSR count). The van der Waals surface area contributed by atoms with Crippen molar-refractivity contribution in [3.63, 3.8) is 0 Å². The van der Waals surface area contributed by atoms with Gasteiger partial charge < -0.3 is 10.2 Å². The third-order valence-electron chi connectivity index (χ3n) is 5.29. The molecule has 6 nitrogen and oxygen atoms in total. The number of rotatable bonds is 4. The summed E-state index contributed by atoms with van der Waals surface area (Å²) < 4.78 is 1.97. The van der Waals surface area contributed by atoms with Gasteiger partial charge in [-0.1, -0.05) is 0 Å². The van der Waals surface area contributed by atoms with E-state index in [1.807, 2.05) is 10.9 Å². The van der Waals surface area contributed by atoms with Gasteiger partial charge in [0.25, 0.3) is 0 Å². The van der Waals surface area contributed by atoms with Crippen LogP contribution in [0.5, 0.6) is 0 Å². The van der Waals surface area contributed by atoms with Crippen LogP contribution in [0.1, 0.15) is 38.7 Å². The van der Waals surface area contributed by atoms with Crippen LogP contribution >= 0.6 is 0 Å². The summed E-state index contributed by atoms with van der Waals surface area (Å²) in [7, 11) is 0. The van der Waals surface area contributed by atoms with Crippen LogP contribution in [0.2, 0.25) is 0 Å². The smallest absolute Gasteiger partial charge is 0.225 e. The molecule has 0 aromatic carbocycles. The number of carbonyl (C=O) groups excluding carboxylic acids is 1. The van der Waals surface area contributed by atoms with Crippen LogP contribution < -0.4 is 5.32 Å². The van der Waals surface area contributed by atoms with Gasteiger partial charge in [0.05, 0.1) is 6.20 Å². The van der Waals surface area contributed by atoms with Crippen molar-refractivity contribution in [1.29, 1.82) is 0 Å². The van der Waals surface area contributed by atoms with Gasteiger partial charge in [-0.3, -0.25) is 14.4 Å². The van der Waals surface area contributed by atoms with Crippen molar-refractivity contribution in [2.45, 2.75) is 52.2 Å². The van der Waals surface area contributed by atoms with Gasteiger partial charge in [0, 0.05) is 63.0 Å². The fourth-order valence-corrected chi connectivity index (χ4v) is 3.88. The van der Waals surface area contributed by atoms with Crippen LogP contribution in [0.15, 0.2) is 12.4 Å². The third-order valence-corrected chi connectivity index (χ3v) is 5.29. The Balaban J connectivity index is 1.51. The highest BCUT2D eigenvalue weighted by molar-refractivity contribution is 5.79. The van der Waals surface area contributed by atoms with E-state index in [1.54, 1.807) is 0 Å². The predicted octanol–water partition coefficient (Wildman–Crippen LogP) is 1.33. The minimum absolute atomic E-state index is 0.218. The predicted molar refractivity (Wildman–Crippen MR) is 94.6 cm³/mol. The Morgan fingerprint density at radius 3 is 2.96 bits per heavy atom. The maximum absolute atomic E-state index is 12.8. The van der Waals surface area contributed by atoms with Crippen molar-refractivity contribution in [2.24, 2.45) is 5.92 Å². The second kappa shape index (κ2) is 8.12. The summed E-state index contributed by atoms with van der Waals surface area (Å²) in [5.74, 6) is 0.597. The van der Waals surface area contributed by atoms with E-state index >= 15 is 0 Å². The average molecular weight is 333 g/mol. The van der Waals surface area contributed by atoms with Gasteiger partial charge in [0.1, 0.15) is 0 Å². The van der Waals surface area contributed by atoms with E-state index in [0.29, 0.717) is 11.9 Å². The van der Waals surface area contributed by atoms with Crippen LogP contribution in [0, 0.1) is 5.92 Å². The number of carbonyl (C=O) groups is 1. The zero-order chi connectivity index (χ0) is 16.9. The Labute approximate surface area is 145 Å². The molecule has 2 aliphatic rings. The normalized spacial score (nSPS) is 26.3. The Morgan fingerprint density at radius 1 is 1.33 bits per heavy atom. The summed E-state index contributed by atoms with van der Waals surface area (Å²) in [5.41, 5.74) is 1.27. The fourth-order valence-electron chi connectivity index (χ4n) is 3.88. The maximum atomic E-state index is 12.8. The number of amides is 1. The monoisotopic (exact) mass is 333 g/mol. The Bertz CT molecular complexity index is 543. The van der Waals surface area contributed by atoms with E-state index in [4.69, 9.17) is 0 Å². The van der Waals surface area contributed by atoms with Crippen molar-refractivity contribution >= 4 is 5.91 Å². The van der Waals surface area contributed by atoms with Gasteiger partial charge in [-0.05, 0) is 39.7 Å². The molecule has 1 amide bonds. The van der Waals surface area contributed by atoms with Gasteiger partial charge in [0.15, 0.2) is 0 Å². The molecule has 2 aliphatic heterocycles. The number of aromatic nitrogens is 2. The largest absolute Gasteiger partial charge is 0.341 e. The van der Waals surface area contributed by atoms with E-state index in [-0.39, 0.29) is 5.92 Å². The first-order valence-corrected chi connectivity index (χ1v) is 9.41. The molecule has 24 heavy (non-hydrogen) atoms. The molecule has 134 valence electrons. The molecule has 0 bridgehead atoms. The minimum Gasteiger partial charge on any atom is -0.341 e. The zero-order valence-electron chi connectivity index (χ0n) is 15.1. The summed E-state index contributed by atoms with van der Waals surface area (Å²) in [5, 5.41) is 7.79. The lowest BCUT2D eigenvalue weighted by molar-refractivity contribution is -0.136. The van der Waals surface area contributed by atoms with Crippen LogP contribution in [-0.2, 0) is 17.9 Å².